The minimum atomic E-state index is 0.282. The molecular weight excluding hydrogens is 240 g/mol. The van der Waals surface area contributed by atoms with Crippen molar-refractivity contribution < 1.29 is 9.47 Å². The Kier molecular flexibility index (Phi) is 4.88. The molecule has 0 bridgehead atoms. The number of anilines is 1. The number of hydrogen-bond donors (Lipinski definition) is 1. The van der Waals surface area contributed by atoms with Gasteiger partial charge in [0.1, 0.15) is 6.10 Å². The second-order valence-electron chi connectivity index (χ2n) is 5.09. The van der Waals surface area contributed by atoms with Crippen molar-refractivity contribution in [2.75, 3.05) is 12.3 Å². The van der Waals surface area contributed by atoms with Crippen LogP contribution >= 0.6 is 0 Å². The summed E-state index contributed by atoms with van der Waals surface area (Å²) in [5.74, 6) is 1.75. The molecule has 1 aromatic heterocycles. The molecule has 2 N–H and O–H groups in total. The molecule has 0 saturated heterocycles. The molecule has 4 heteroatoms. The van der Waals surface area contributed by atoms with E-state index in [4.69, 9.17) is 15.2 Å². The van der Waals surface area contributed by atoms with Crippen molar-refractivity contribution in [3.8, 4) is 11.8 Å². The van der Waals surface area contributed by atoms with E-state index in [1.807, 2.05) is 13.0 Å². The molecule has 2 rings (SSSR count). The molecule has 0 amide bonds. The highest BCUT2D eigenvalue weighted by atomic mass is 16.5. The molecule has 106 valence electrons. The van der Waals surface area contributed by atoms with Crippen LogP contribution in [0.3, 0.4) is 0 Å². The van der Waals surface area contributed by atoms with Gasteiger partial charge in [-0.2, -0.15) is 4.98 Å². The van der Waals surface area contributed by atoms with Crippen LogP contribution in [0.4, 0.5) is 5.69 Å². The molecule has 1 saturated carbocycles. The third-order valence-electron chi connectivity index (χ3n) is 3.78. The Balaban J connectivity index is 2.07. The fraction of sp³-hybridized carbons (Fsp3) is 0.667. The van der Waals surface area contributed by atoms with Gasteiger partial charge in [0.15, 0.2) is 0 Å². The SMILES string of the molecule is CCOc1nc(OC2CCCCC2CC)ccc1N. The van der Waals surface area contributed by atoms with Gasteiger partial charge in [0.05, 0.1) is 12.3 Å². The molecule has 4 nitrogen and oxygen atoms in total. The minimum absolute atomic E-state index is 0.282. The van der Waals surface area contributed by atoms with Gasteiger partial charge < -0.3 is 15.2 Å². The summed E-state index contributed by atoms with van der Waals surface area (Å²) >= 11 is 0. The topological polar surface area (TPSA) is 57.4 Å². The molecule has 1 heterocycles. The molecule has 1 aliphatic rings. The van der Waals surface area contributed by atoms with Crippen molar-refractivity contribution in [1.29, 1.82) is 0 Å². The van der Waals surface area contributed by atoms with Crippen LogP contribution in [0.1, 0.15) is 46.0 Å². The lowest BCUT2D eigenvalue weighted by Crippen LogP contribution is -2.30. The Bertz CT molecular complexity index is 409. The summed E-state index contributed by atoms with van der Waals surface area (Å²) in [5, 5.41) is 0. The number of hydrogen-bond acceptors (Lipinski definition) is 4. The second kappa shape index (κ2) is 6.64. The van der Waals surface area contributed by atoms with Gasteiger partial charge >= 0.3 is 0 Å². The predicted octanol–water partition coefficient (Wildman–Crippen LogP) is 3.41. The van der Waals surface area contributed by atoms with Crippen molar-refractivity contribution in [2.24, 2.45) is 5.92 Å². The van der Waals surface area contributed by atoms with Gasteiger partial charge in [0, 0.05) is 6.07 Å². The maximum absolute atomic E-state index is 6.05. The fourth-order valence-electron chi connectivity index (χ4n) is 2.70. The third kappa shape index (κ3) is 3.52. The van der Waals surface area contributed by atoms with E-state index in [0.29, 0.717) is 30.0 Å². The summed E-state index contributed by atoms with van der Waals surface area (Å²) in [6, 6.07) is 3.64. The molecule has 2 atom stereocenters. The first kappa shape index (κ1) is 14.0. The smallest absolute Gasteiger partial charge is 0.240 e. The first-order chi connectivity index (χ1) is 9.24. The maximum atomic E-state index is 6.05. The zero-order valence-corrected chi connectivity index (χ0v) is 11.9. The number of nitrogen functional groups attached to an aromatic ring is 1. The fourth-order valence-corrected chi connectivity index (χ4v) is 2.70. The average Bonchev–Trinajstić information content (AvgIpc) is 2.43. The van der Waals surface area contributed by atoms with Crippen molar-refractivity contribution in [3.05, 3.63) is 12.1 Å². The molecular formula is C15H24N2O2. The molecule has 2 unspecified atom stereocenters. The lowest BCUT2D eigenvalue weighted by atomic mass is 9.85. The monoisotopic (exact) mass is 264 g/mol. The summed E-state index contributed by atoms with van der Waals surface area (Å²) in [7, 11) is 0. The molecule has 0 aliphatic heterocycles. The van der Waals surface area contributed by atoms with Crippen molar-refractivity contribution in [1.82, 2.24) is 4.98 Å². The number of pyridine rings is 1. The lowest BCUT2D eigenvalue weighted by Gasteiger charge is -2.30. The molecule has 0 aromatic carbocycles. The predicted molar refractivity (Wildman–Crippen MR) is 76.5 cm³/mol. The summed E-state index contributed by atoms with van der Waals surface area (Å²) in [5.41, 5.74) is 6.38. The van der Waals surface area contributed by atoms with Gasteiger partial charge in [-0.25, -0.2) is 0 Å². The van der Waals surface area contributed by atoms with Crippen LogP contribution in [0, 0.1) is 5.92 Å². The zero-order chi connectivity index (χ0) is 13.7. The van der Waals surface area contributed by atoms with Gasteiger partial charge in [0.2, 0.25) is 11.8 Å². The molecule has 1 fully saturated rings. The van der Waals surface area contributed by atoms with E-state index in [-0.39, 0.29) is 6.10 Å². The largest absolute Gasteiger partial charge is 0.476 e. The van der Waals surface area contributed by atoms with E-state index in [0.717, 1.165) is 12.8 Å². The molecule has 0 spiro atoms. The summed E-state index contributed by atoms with van der Waals surface area (Å²) in [6.07, 6.45) is 6.39. The normalized spacial score (nSPS) is 23.1. The van der Waals surface area contributed by atoms with Crippen molar-refractivity contribution >= 4 is 5.69 Å². The quantitative estimate of drug-likeness (QED) is 0.885. The third-order valence-corrected chi connectivity index (χ3v) is 3.78. The molecule has 0 radical (unpaired) electrons. The first-order valence-electron chi connectivity index (χ1n) is 7.30. The van der Waals surface area contributed by atoms with E-state index in [1.165, 1.54) is 19.3 Å². The standard InChI is InChI=1S/C15H24N2O2/c1-3-11-7-5-6-8-13(11)19-14-10-9-12(16)15(17-14)18-4-2/h9-11,13H,3-8,16H2,1-2H3. The van der Waals surface area contributed by atoms with Crippen LogP contribution in [0.15, 0.2) is 12.1 Å². The Labute approximate surface area is 115 Å². The van der Waals surface area contributed by atoms with Gasteiger partial charge in [-0.15, -0.1) is 0 Å². The second-order valence-corrected chi connectivity index (χ2v) is 5.09. The van der Waals surface area contributed by atoms with E-state index >= 15 is 0 Å². The lowest BCUT2D eigenvalue weighted by molar-refractivity contribution is 0.0851. The molecule has 1 aromatic rings. The summed E-state index contributed by atoms with van der Waals surface area (Å²) in [4.78, 5) is 4.36. The van der Waals surface area contributed by atoms with E-state index in [9.17, 15) is 0 Å². The number of nitrogens with zero attached hydrogens (tertiary/aromatic N) is 1. The minimum Gasteiger partial charge on any atom is -0.476 e. The van der Waals surface area contributed by atoms with Gasteiger partial charge in [0.25, 0.3) is 0 Å². The van der Waals surface area contributed by atoms with Crippen LogP contribution in [0.5, 0.6) is 11.8 Å². The molecule has 19 heavy (non-hydrogen) atoms. The van der Waals surface area contributed by atoms with Crippen molar-refractivity contribution in [3.63, 3.8) is 0 Å². The summed E-state index contributed by atoms with van der Waals surface area (Å²) in [6.45, 7) is 4.71. The van der Waals surface area contributed by atoms with E-state index in [1.54, 1.807) is 6.07 Å². The van der Waals surface area contributed by atoms with Crippen molar-refractivity contribution in [2.45, 2.75) is 52.1 Å². The molecule has 1 aliphatic carbocycles. The van der Waals surface area contributed by atoms with Crippen LogP contribution in [-0.4, -0.2) is 17.7 Å². The Morgan fingerprint density at radius 1 is 1.26 bits per heavy atom. The zero-order valence-electron chi connectivity index (χ0n) is 11.9. The van der Waals surface area contributed by atoms with Crippen LogP contribution in [-0.2, 0) is 0 Å². The highest BCUT2D eigenvalue weighted by molar-refractivity contribution is 5.49. The van der Waals surface area contributed by atoms with Crippen LogP contribution in [0.2, 0.25) is 0 Å². The first-order valence-corrected chi connectivity index (χ1v) is 7.30. The Morgan fingerprint density at radius 3 is 2.79 bits per heavy atom. The number of ether oxygens (including phenoxy) is 2. The summed E-state index contributed by atoms with van der Waals surface area (Å²) < 4.78 is 11.5. The average molecular weight is 264 g/mol. The van der Waals surface area contributed by atoms with Gasteiger partial charge in [-0.1, -0.05) is 13.3 Å². The number of aromatic nitrogens is 1. The highest BCUT2D eigenvalue weighted by Crippen LogP contribution is 2.31. The highest BCUT2D eigenvalue weighted by Gasteiger charge is 2.25. The van der Waals surface area contributed by atoms with E-state index < -0.39 is 0 Å². The van der Waals surface area contributed by atoms with Gasteiger partial charge in [-0.3, -0.25) is 0 Å². The Hall–Kier alpha value is -1.45. The van der Waals surface area contributed by atoms with Crippen LogP contribution < -0.4 is 15.2 Å². The van der Waals surface area contributed by atoms with Gasteiger partial charge in [-0.05, 0) is 44.6 Å². The van der Waals surface area contributed by atoms with E-state index in [2.05, 4.69) is 11.9 Å². The van der Waals surface area contributed by atoms with Crippen LogP contribution in [0.25, 0.3) is 0 Å². The number of rotatable bonds is 5. The Morgan fingerprint density at radius 2 is 2.05 bits per heavy atom. The maximum Gasteiger partial charge on any atom is 0.240 e. The number of nitrogens with two attached hydrogens (primary N) is 1.